The molecule has 0 saturated heterocycles. The van der Waals surface area contributed by atoms with Crippen LogP contribution in [0.1, 0.15) is 11.1 Å². The minimum absolute atomic E-state index is 0.0535. The molecule has 0 fully saturated rings. The van der Waals surface area contributed by atoms with E-state index >= 15 is 0 Å². The van der Waals surface area contributed by atoms with Crippen molar-refractivity contribution in [3.8, 4) is 11.6 Å². The summed E-state index contributed by atoms with van der Waals surface area (Å²) in [4.78, 5) is 14.7. The monoisotopic (exact) mass is 322 g/mol. The van der Waals surface area contributed by atoms with Crippen LogP contribution in [0.5, 0.6) is 11.6 Å². The zero-order valence-corrected chi connectivity index (χ0v) is 12.0. The van der Waals surface area contributed by atoms with Crippen molar-refractivity contribution in [2.24, 2.45) is 0 Å². The number of halogens is 1. The van der Waals surface area contributed by atoms with Crippen LogP contribution in [-0.2, 0) is 0 Å². The van der Waals surface area contributed by atoms with Crippen molar-refractivity contribution in [3.63, 3.8) is 0 Å². The lowest BCUT2D eigenvalue weighted by Crippen LogP contribution is -1.97. The van der Waals surface area contributed by atoms with Gasteiger partial charge in [-0.3, -0.25) is 10.1 Å². The Bertz CT molecular complexity index is 627. The van der Waals surface area contributed by atoms with Gasteiger partial charge in [-0.15, -0.1) is 0 Å². The second-order valence-corrected chi connectivity index (χ2v) is 5.02. The average molecular weight is 323 g/mol. The molecule has 1 aromatic heterocycles. The molecule has 0 unspecified atom stereocenters. The van der Waals surface area contributed by atoms with E-state index in [-0.39, 0.29) is 11.4 Å². The Kier molecular flexibility index (Phi) is 3.80. The van der Waals surface area contributed by atoms with Gasteiger partial charge in [-0.05, 0) is 47.0 Å². The quantitative estimate of drug-likeness (QED) is 0.628. The van der Waals surface area contributed by atoms with Crippen molar-refractivity contribution >= 4 is 21.6 Å². The molecule has 19 heavy (non-hydrogen) atoms. The van der Waals surface area contributed by atoms with Gasteiger partial charge in [0.2, 0.25) is 11.6 Å². The molecular formula is C13H11BrN2O3. The first-order valence-electron chi connectivity index (χ1n) is 5.52. The maximum absolute atomic E-state index is 11.1. The summed E-state index contributed by atoms with van der Waals surface area (Å²) in [6.45, 7) is 3.58. The summed E-state index contributed by atoms with van der Waals surface area (Å²) in [7, 11) is 0. The zero-order chi connectivity index (χ0) is 14.0. The Balaban J connectivity index is 2.44. The molecule has 0 amide bonds. The Labute approximate surface area is 118 Å². The SMILES string of the molecule is Cc1cc(C)c(Oc2ccc(Br)cn2)c([N+](=O)[O-])c1. The van der Waals surface area contributed by atoms with E-state index in [2.05, 4.69) is 20.9 Å². The van der Waals surface area contributed by atoms with Crippen LogP contribution >= 0.6 is 15.9 Å². The number of aryl methyl sites for hydroxylation is 2. The van der Waals surface area contributed by atoms with Gasteiger partial charge in [0, 0.05) is 22.8 Å². The highest BCUT2D eigenvalue weighted by Crippen LogP contribution is 2.35. The summed E-state index contributed by atoms with van der Waals surface area (Å²) < 4.78 is 6.35. The molecule has 5 nitrogen and oxygen atoms in total. The fraction of sp³-hybridized carbons (Fsp3) is 0.154. The summed E-state index contributed by atoms with van der Waals surface area (Å²) in [5, 5.41) is 11.1. The standard InChI is InChI=1S/C13H11BrN2O3/c1-8-5-9(2)13(11(6-8)16(17)18)19-12-4-3-10(14)7-15-12/h3-7H,1-2H3. The molecule has 2 aromatic rings. The van der Waals surface area contributed by atoms with E-state index in [1.165, 1.54) is 6.07 Å². The molecule has 0 N–H and O–H groups in total. The van der Waals surface area contributed by atoms with Gasteiger partial charge in [0.05, 0.1) is 4.92 Å². The number of nitrogens with zero attached hydrogens (tertiary/aromatic N) is 2. The third kappa shape index (κ3) is 3.08. The van der Waals surface area contributed by atoms with Crippen molar-refractivity contribution in [3.05, 3.63) is 56.2 Å². The lowest BCUT2D eigenvalue weighted by Gasteiger charge is -2.09. The van der Waals surface area contributed by atoms with Gasteiger partial charge in [0.1, 0.15) is 0 Å². The van der Waals surface area contributed by atoms with Gasteiger partial charge < -0.3 is 4.74 Å². The molecule has 0 aliphatic carbocycles. The highest BCUT2D eigenvalue weighted by molar-refractivity contribution is 9.10. The number of pyridine rings is 1. The van der Waals surface area contributed by atoms with Crippen LogP contribution in [0, 0.1) is 24.0 Å². The second-order valence-electron chi connectivity index (χ2n) is 4.10. The zero-order valence-electron chi connectivity index (χ0n) is 10.4. The summed E-state index contributed by atoms with van der Waals surface area (Å²) in [6, 6.07) is 6.73. The molecule has 0 radical (unpaired) electrons. The second kappa shape index (κ2) is 5.36. The van der Waals surface area contributed by atoms with Gasteiger partial charge in [-0.1, -0.05) is 6.07 Å². The van der Waals surface area contributed by atoms with E-state index in [1.807, 2.05) is 13.0 Å². The van der Waals surface area contributed by atoms with Gasteiger partial charge in [0.15, 0.2) is 0 Å². The minimum Gasteiger partial charge on any atom is -0.432 e. The number of nitro groups is 1. The third-order valence-corrected chi connectivity index (χ3v) is 2.97. The maximum Gasteiger partial charge on any atom is 0.312 e. The molecular weight excluding hydrogens is 312 g/mol. The van der Waals surface area contributed by atoms with Gasteiger partial charge >= 0.3 is 5.69 Å². The number of hydrogen-bond acceptors (Lipinski definition) is 4. The first-order chi connectivity index (χ1) is 8.97. The van der Waals surface area contributed by atoms with E-state index in [0.29, 0.717) is 11.4 Å². The smallest absolute Gasteiger partial charge is 0.312 e. The molecule has 6 heteroatoms. The summed E-state index contributed by atoms with van der Waals surface area (Å²) in [5.41, 5.74) is 1.47. The van der Waals surface area contributed by atoms with Crippen LogP contribution in [0.25, 0.3) is 0 Å². The number of hydrogen-bond donors (Lipinski definition) is 0. The van der Waals surface area contributed by atoms with Crippen LogP contribution in [-0.4, -0.2) is 9.91 Å². The number of aromatic nitrogens is 1. The Hall–Kier alpha value is -1.95. The number of ether oxygens (including phenoxy) is 1. The third-order valence-electron chi connectivity index (χ3n) is 2.50. The van der Waals surface area contributed by atoms with Crippen LogP contribution in [0.2, 0.25) is 0 Å². The highest BCUT2D eigenvalue weighted by atomic mass is 79.9. The van der Waals surface area contributed by atoms with Crippen molar-refractivity contribution in [2.75, 3.05) is 0 Å². The van der Waals surface area contributed by atoms with Gasteiger partial charge in [-0.2, -0.15) is 0 Å². The molecule has 0 saturated carbocycles. The Morgan fingerprint density at radius 3 is 2.63 bits per heavy atom. The van der Waals surface area contributed by atoms with Gasteiger partial charge in [0.25, 0.3) is 0 Å². The maximum atomic E-state index is 11.1. The lowest BCUT2D eigenvalue weighted by molar-refractivity contribution is -0.385. The highest BCUT2D eigenvalue weighted by Gasteiger charge is 2.19. The average Bonchev–Trinajstić information content (AvgIpc) is 2.34. The molecule has 0 aliphatic rings. The number of nitro benzene ring substituents is 1. The van der Waals surface area contributed by atoms with Crippen LogP contribution in [0.15, 0.2) is 34.9 Å². The van der Waals surface area contributed by atoms with Gasteiger partial charge in [-0.25, -0.2) is 4.98 Å². The van der Waals surface area contributed by atoms with Crippen molar-refractivity contribution in [2.45, 2.75) is 13.8 Å². The van der Waals surface area contributed by atoms with Crippen LogP contribution in [0.4, 0.5) is 5.69 Å². The fourth-order valence-corrected chi connectivity index (χ4v) is 1.96. The molecule has 0 aliphatic heterocycles. The molecule has 0 spiro atoms. The predicted molar refractivity (Wildman–Crippen MR) is 74.6 cm³/mol. The van der Waals surface area contributed by atoms with E-state index in [0.717, 1.165) is 10.0 Å². The Morgan fingerprint density at radius 2 is 2.05 bits per heavy atom. The molecule has 98 valence electrons. The number of rotatable bonds is 3. The molecule has 0 bridgehead atoms. The summed E-state index contributed by atoms with van der Waals surface area (Å²) in [6.07, 6.45) is 1.57. The first kappa shape index (κ1) is 13.5. The topological polar surface area (TPSA) is 65.3 Å². The summed E-state index contributed by atoms with van der Waals surface area (Å²) >= 11 is 3.27. The molecule has 1 aromatic carbocycles. The van der Waals surface area contributed by atoms with Crippen molar-refractivity contribution < 1.29 is 9.66 Å². The Morgan fingerprint density at radius 1 is 1.32 bits per heavy atom. The normalized spacial score (nSPS) is 10.3. The van der Waals surface area contributed by atoms with Crippen molar-refractivity contribution in [1.29, 1.82) is 0 Å². The van der Waals surface area contributed by atoms with Crippen LogP contribution in [0.3, 0.4) is 0 Å². The first-order valence-corrected chi connectivity index (χ1v) is 6.31. The van der Waals surface area contributed by atoms with E-state index in [4.69, 9.17) is 4.74 Å². The molecule has 2 rings (SSSR count). The number of benzene rings is 1. The predicted octanol–water partition coefficient (Wildman–Crippen LogP) is 4.16. The largest absolute Gasteiger partial charge is 0.432 e. The van der Waals surface area contributed by atoms with Crippen LogP contribution < -0.4 is 4.74 Å². The fourth-order valence-electron chi connectivity index (χ4n) is 1.73. The van der Waals surface area contributed by atoms with E-state index in [1.54, 1.807) is 25.3 Å². The van der Waals surface area contributed by atoms with E-state index < -0.39 is 4.92 Å². The molecule has 1 heterocycles. The summed E-state index contributed by atoms with van der Waals surface area (Å²) in [5.74, 6) is 0.545. The van der Waals surface area contributed by atoms with Crippen molar-refractivity contribution in [1.82, 2.24) is 4.98 Å². The minimum atomic E-state index is -0.450. The lowest BCUT2D eigenvalue weighted by atomic mass is 10.1. The molecule has 0 atom stereocenters. The van der Waals surface area contributed by atoms with E-state index in [9.17, 15) is 10.1 Å².